The Morgan fingerprint density at radius 2 is 1.00 bits per heavy atom. The molecule has 4 heteroatoms. The molecule has 0 heterocycles. The molecule has 24 heavy (non-hydrogen) atoms. The van der Waals surface area contributed by atoms with E-state index in [1.807, 2.05) is 36.4 Å². The van der Waals surface area contributed by atoms with Gasteiger partial charge in [0.2, 0.25) is 12.4 Å². The van der Waals surface area contributed by atoms with Gasteiger partial charge in [-0.05, 0) is 24.0 Å². The molecule has 2 aromatic carbocycles. The van der Waals surface area contributed by atoms with E-state index in [1.54, 1.807) is 0 Å². The monoisotopic (exact) mass is 324 g/mol. The average Bonchev–Trinajstić information content (AvgIpc) is 2.62. The lowest BCUT2D eigenvalue weighted by molar-refractivity contribution is -0.465. The third-order valence-electron chi connectivity index (χ3n) is 3.77. The maximum Gasteiger partial charge on any atom is 0.239 e. The zero-order valence-electron chi connectivity index (χ0n) is 13.9. The molecule has 126 valence electrons. The second-order valence-corrected chi connectivity index (χ2v) is 5.76. The molecule has 0 atom stereocenters. The van der Waals surface area contributed by atoms with Gasteiger partial charge in [0.25, 0.3) is 0 Å². The molecule has 0 saturated heterocycles. The van der Waals surface area contributed by atoms with Crippen LogP contribution in [0.15, 0.2) is 60.7 Å². The zero-order valence-corrected chi connectivity index (χ0v) is 13.9. The van der Waals surface area contributed by atoms with Gasteiger partial charge in [-0.25, -0.2) is 9.48 Å². The molecule has 0 saturated carbocycles. The number of rotatable bonds is 9. The Morgan fingerprint density at radius 1 is 0.625 bits per heavy atom. The molecule has 2 aromatic rings. The van der Waals surface area contributed by atoms with E-state index in [0.29, 0.717) is 13.1 Å². The van der Waals surface area contributed by atoms with E-state index in [2.05, 4.69) is 24.3 Å². The zero-order chi connectivity index (χ0) is 17.0. The van der Waals surface area contributed by atoms with Crippen LogP contribution in [0.2, 0.25) is 0 Å². The van der Waals surface area contributed by atoms with Crippen LogP contribution in [0.4, 0.5) is 0 Å². The highest BCUT2D eigenvalue weighted by atomic mass is 16.5. The molecule has 2 rings (SSSR count). The molecule has 4 nitrogen and oxygen atoms in total. The summed E-state index contributed by atoms with van der Waals surface area (Å²) < 4.78 is 1.65. The van der Waals surface area contributed by atoms with Crippen molar-refractivity contribution in [2.75, 3.05) is 13.1 Å². The molecule has 0 spiro atoms. The van der Waals surface area contributed by atoms with Crippen LogP contribution in [0.3, 0.4) is 0 Å². The first kappa shape index (κ1) is 17.7. The normalized spacial score (nSPS) is 12.3. The highest BCUT2D eigenvalue weighted by molar-refractivity contribution is 6.10. The summed E-state index contributed by atoms with van der Waals surface area (Å²) in [5.41, 5.74) is 2.45. The number of benzene rings is 2. The molecule has 0 N–H and O–H groups in total. The molecule has 0 aliphatic rings. The Bertz CT molecular complexity index is 592. The maximum atomic E-state index is 11.7. The number of aryl methyl sites for hydroxylation is 2. The van der Waals surface area contributed by atoms with Gasteiger partial charge in [-0.2, -0.15) is 0 Å². The van der Waals surface area contributed by atoms with E-state index in [9.17, 15) is 10.4 Å². The Morgan fingerprint density at radius 3 is 1.38 bits per heavy atom. The lowest BCUT2D eigenvalue weighted by Gasteiger charge is -2.05. The second-order valence-electron chi connectivity index (χ2n) is 5.76. The van der Waals surface area contributed by atoms with Gasteiger partial charge in [0.15, 0.2) is 13.1 Å². The van der Waals surface area contributed by atoms with E-state index >= 15 is 0 Å². The van der Waals surface area contributed by atoms with Crippen molar-refractivity contribution >= 4 is 12.4 Å². The molecule has 0 amide bonds. The maximum absolute atomic E-state index is 11.7. The lowest BCUT2D eigenvalue weighted by Crippen LogP contribution is -2.14. The van der Waals surface area contributed by atoms with Crippen molar-refractivity contribution < 1.29 is 9.48 Å². The van der Waals surface area contributed by atoms with Crippen molar-refractivity contribution in [2.45, 2.75) is 25.7 Å². The SMILES string of the molecule is [O-]/[N+](=C\C=[N+](/[O-])CCCc1ccccc1)CCCc1ccccc1. The topological polar surface area (TPSA) is 52.1 Å². The number of hydroxylamine groups is 2. The largest absolute Gasteiger partial charge is 0.624 e. The van der Waals surface area contributed by atoms with Gasteiger partial charge in [0, 0.05) is 12.8 Å². The van der Waals surface area contributed by atoms with Crippen LogP contribution >= 0.6 is 0 Å². The number of hydrogen-bond acceptors (Lipinski definition) is 2. The molecule has 0 aliphatic carbocycles. The van der Waals surface area contributed by atoms with Gasteiger partial charge in [-0.15, -0.1) is 0 Å². The molecule has 0 fully saturated rings. The van der Waals surface area contributed by atoms with Crippen molar-refractivity contribution in [1.82, 2.24) is 0 Å². The quantitative estimate of drug-likeness (QED) is 0.307. The molecule has 0 radical (unpaired) electrons. The van der Waals surface area contributed by atoms with Crippen LogP contribution in [0.5, 0.6) is 0 Å². The molecule has 0 bridgehead atoms. The van der Waals surface area contributed by atoms with Crippen LogP contribution in [-0.4, -0.2) is 35.0 Å². The molecule has 0 aromatic heterocycles. The first-order valence-corrected chi connectivity index (χ1v) is 8.38. The van der Waals surface area contributed by atoms with Crippen LogP contribution < -0.4 is 0 Å². The summed E-state index contributed by atoms with van der Waals surface area (Å²) in [7, 11) is 0. The van der Waals surface area contributed by atoms with Gasteiger partial charge in [-0.1, -0.05) is 60.7 Å². The minimum atomic E-state index is 0.392. The smallest absolute Gasteiger partial charge is 0.239 e. The predicted octanol–water partition coefficient (Wildman–Crippen LogP) is 3.41. The van der Waals surface area contributed by atoms with Crippen molar-refractivity contribution in [3.8, 4) is 0 Å². The third kappa shape index (κ3) is 7.09. The highest BCUT2D eigenvalue weighted by Crippen LogP contribution is 2.02. The fourth-order valence-electron chi connectivity index (χ4n) is 2.47. The minimum Gasteiger partial charge on any atom is -0.624 e. The highest BCUT2D eigenvalue weighted by Gasteiger charge is 1.99. The van der Waals surface area contributed by atoms with E-state index in [1.165, 1.54) is 23.6 Å². The summed E-state index contributed by atoms with van der Waals surface area (Å²) in [6, 6.07) is 20.1. The second kappa shape index (κ2) is 10.2. The number of hydrogen-bond donors (Lipinski definition) is 0. The van der Waals surface area contributed by atoms with E-state index in [-0.39, 0.29) is 0 Å². The Balaban J connectivity index is 1.66. The lowest BCUT2D eigenvalue weighted by atomic mass is 10.1. The first-order valence-electron chi connectivity index (χ1n) is 8.38. The summed E-state index contributed by atoms with van der Waals surface area (Å²) in [5, 5.41) is 23.4. The Kier molecular flexibility index (Phi) is 7.54. The van der Waals surface area contributed by atoms with E-state index < -0.39 is 0 Å². The van der Waals surface area contributed by atoms with Crippen LogP contribution in [0, 0.1) is 10.4 Å². The summed E-state index contributed by atoms with van der Waals surface area (Å²) in [6.07, 6.45) is 5.91. The van der Waals surface area contributed by atoms with Crippen molar-refractivity contribution in [2.24, 2.45) is 0 Å². The van der Waals surface area contributed by atoms with E-state index in [0.717, 1.165) is 35.2 Å². The molecule has 0 unspecified atom stereocenters. The molecular weight excluding hydrogens is 300 g/mol. The summed E-state index contributed by atoms with van der Waals surface area (Å²) in [6.45, 7) is 0.784. The Hall–Kier alpha value is -2.62. The van der Waals surface area contributed by atoms with Crippen LogP contribution in [0.1, 0.15) is 24.0 Å². The fraction of sp³-hybridized carbons (Fsp3) is 0.300. The van der Waals surface area contributed by atoms with Gasteiger partial charge < -0.3 is 10.4 Å². The van der Waals surface area contributed by atoms with Gasteiger partial charge >= 0.3 is 0 Å². The van der Waals surface area contributed by atoms with Gasteiger partial charge in [0.05, 0.1) is 0 Å². The molecular formula is C20H24N2O2. The standard InChI is InChI=1S/C20H24N2O2/c23-21(15-7-13-19-9-3-1-4-10-19)17-18-22(24)16-8-14-20-11-5-2-6-12-20/h1-6,9-12,17-18H,7-8,13-16H2/b21-17-,22-18-. The van der Waals surface area contributed by atoms with Crippen LogP contribution in [-0.2, 0) is 12.8 Å². The van der Waals surface area contributed by atoms with Gasteiger partial charge in [-0.3, -0.25) is 0 Å². The predicted molar refractivity (Wildman–Crippen MR) is 98.6 cm³/mol. The number of nitrogens with zero attached hydrogens (tertiary/aromatic N) is 2. The summed E-state index contributed by atoms with van der Waals surface area (Å²) >= 11 is 0. The first-order chi connectivity index (χ1) is 11.7. The van der Waals surface area contributed by atoms with Crippen molar-refractivity contribution in [3.05, 3.63) is 82.2 Å². The van der Waals surface area contributed by atoms with Crippen molar-refractivity contribution in [1.29, 1.82) is 0 Å². The molecule has 0 aliphatic heterocycles. The average molecular weight is 324 g/mol. The fourth-order valence-corrected chi connectivity index (χ4v) is 2.47. The summed E-state index contributed by atoms with van der Waals surface area (Å²) in [4.78, 5) is 0. The Labute approximate surface area is 143 Å². The van der Waals surface area contributed by atoms with Crippen molar-refractivity contribution in [3.63, 3.8) is 0 Å². The summed E-state index contributed by atoms with van der Waals surface area (Å²) in [5.74, 6) is 0. The van der Waals surface area contributed by atoms with Gasteiger partial charge in [0.1, 0.15) is 0 Å². The third-order valence-corrected chi connectivity index (χ3v) is 3.77. The van der Waals surface area contributed by atoms with Crippen LogP contribution in [0.25, 0.3) is 0 Å². The van der Waals surface area contributed by atoms with E-state index in [4.69, 9.17) is 0 Å². The minimum absolute atomic E-state index is 0.392.